The van der Waals surface area contributed by atoms with Crippen molar-refractivity contribution in [3.05, 3.63) is 71.7 Å². The summed E-state index contributed by atoms with van der Waals surface area (Å²) in [7, 11) is 1.66. The van der Waals surface area contributed by atoms with Crippen LogP contribution in [-0.4, -0.2) is 31.2 Å². The molecule has 0 bridgehead atoms. The molecule has 1 aromatic heterocycles. The van der Waals surface area contributed by atoms with Crippen molar-refractivity contribution < 1.29 is 8.91 Å². The summed E-state index contributed by atoms with van der Waals surface area (Å²) in [5, 5.41) is 19.8. The van der Waals surface area contributed by atoms with Crippen molar-refractivity contribution in [2.45, 2.75) is 19.3 Å². The lowest BCUT2D eigenvalue weighted by Crippen LogP contribution is -2.39. The van der Waals surface area contributed by atoms with Gasteiger partial charge in [0.1, 0.15) is 5.82 Å². The minimum Gasteiger partial charge on any atom is -0.360 e. The number of guanidine groups is 1. The van der Waals surface area contributed by atoms with Crippen LogP contribution in [0.2, 0.25) is 0 Å². The number of benzene rings is 2. The summed E-state index contributed by atoms with van der Waals surface area (Å²) in [6, 6.07) is 16.4. The maximum absolute atomic E-state index is 14.8. The third-order valence-corrected chi connectivity index (χ3v) is 4.81. The SMILES string of the molecule is CNC(=N)NCN/C=N/c1cc(C(C)(C)c2ccc(-c3ccccc3)c(F)c2)no1. The number of nitrogens with zero attached hydrogens (tertiary/aromatic N) is 2. The first-order valence-electron chi connectivity index (χ1n) is 9.50. The Hall–Kier alpha value is -3.68. The van der Waals surface area contributed by atoms with Gasteiger partial charge in [-0.1, -0.05) is 61.5 Å². The third kappa shape index (κ3) is 4.83. The number of aliphatic imine (C=N–C) groups is 1. The van der Waals surface area contributed by atoms with E-state index < -0.39 is 5.41 Å². The third-order valence-electron chi connectivity index (χ3n) is 4.81. The van der Waals surface area contributed by atoms with Crippen molar-refractivity contribution in [3.63, 3.8) is 0 Å². The van der Waals surface area contributed by atoms with Crippen LogP contribution in [0.1, 0.15) is 25.1 Å². The van der Waals surface area contributed by atoms with Crippen molar-refractivity contribution in [3.8, 4) is 11.1 Å². The van der Waals surface area contributed by atoms with E-state index in [1.165, 1.54) is 6.34 Å². The van der Waals surface area contributed by atoms with Crippen molar-refractivity contribution >= 4 is 18.2 Å². The van der Waals surface area contributed by atoms with Gasteiger partial charge in [-0.25, -0.2) is 9.38 Å². The molecule has 0 radical (unpaired) electrons. The Kier molecular flexibility index (Phi) is 6.46. The topological polar surface area (TPSA) is 98.3 Å². The molecule has 4 N–H and O–H groups in total. The number of halogens is 1. The molecule has 7 nitrogen and oxygen atoms in total. The summed E-state index contributed by atoms with van der Waals surface area (Å²) in [6.07, 6.45) is 1.46. The minimum absolute atomic E-state index is 0.199. The standard InChI is InChI=1S/C22H25FN6O/c1-22(2,16-9-10-17(18(23)11-16)15-7-5-4-6-8-15)19-12-20(30-29-19)27-13-26-14-28-21(24)25-3/h4-13H,14H2,1-3H3,(H,26,27)(H3,24,25,28). The van der Waals surface area contributed by atoms with Gasteiger partial charge in [0.2, 0.25) is 0 Å². The average Bonchev–Trinajstić information content (AvgIpc) is 3.23. The van der Waals surface area contributed by atoms with Crippen LogP contribution in [0.25, 0.3) is 11.1 Å². The van der Waals surface area contributed by atoms with E-state index in [-0.39, 0.29) is 11.8 Å². The fourth-order valence-corrected chi connectivity index (χ4v) is 2.91. The molecule has 3 rings (SSSR count). The smallest absolute Gasteiger partial charge is 0.252 e. The van der Waals surface area contributed by atoms with Crippen molar-refractivity contribution in [2.75, 3.05) is 13.7 Å². The Balaban J connectivity index is 1.71. The largest absolute Gasteiger partial charge is 0.360 e. The van der Waals surface area contributed by atoms with Gasteiger partial charge in [0.15, 0.2) is 5.96 Å². The summed E-state index contributed by atoms with van der Waals surface area (Å²) in [5.74, 6) is 0.248. The summed E-state index contributed by atoms with van der Waals surface area (Å²) < 4.78 is 20.1. The van der Waals surface area contributed by atoms with Crippen LogP contribution in [0.5, 0.6) is 0 Å². The van der Waals surface area contributed by atoms with E-state index in [2.05, 4.69) is 26.1 Å². The molecule has 3 aromatic rings. The number of aromatic nitrogens is 1. The fraction of sp³-hybridized carbons (Fsp3) is 0.227. The molecule has 2 aromatic carbocycles. The molecule has 0 saturated carbocycles. The van der Waals surface area contributed by atoms with E-state index in [1.54, 1.807) is 25.2 Å². The van der Waals surface area contributed by atoms with Gasteiger partial charge in [-0.3, -0.25) is 5.41 Å². The van der Waals surface area contributed by atoms with Crippen molar-refractivity contribution in [2.24, 2.45) is 4.99 Å². The van der Waals surface area contributed by atoms with Crippen LogP contribution < -0.4 is 16.0 Å². The highest BCUT2D eigenvalue weighted by molar-refractivity contribution is 5.76. The zero-order chi connectivity index (χ0) is 21.6. The van der Waals surface area contributed by atoms with Crippen molar-refractivity contribution in [1.82, 2.24) is 21.1 Å². The number of hydrogen-bond acceptors (Lipinski definition) is 4. The summed E-state index contributed by atoms with van der Waals surface area (Å²) >= 11 is 0. The van der Waals surface area contributed by atoms with Gasteiger partial charge in [-0.05, 0) is 17.2 Å². The predicted molar refractivity (Wildman–Crippen MR) is 117 cm³/mol. The molecule has 0 unspecified atom stereocenters. The highest BCUT2D eigenvalue weighted by Crippen LogP contribution is 2.35. The molecule has 0 fully saturated rings. The van der Waals surface area contributed by atoms with E-state index in [0.717, 1.165) is 11.1 Å². The predicted octanol–water partition coefficient (Wildman–Crippen LogP) is 3.76. The molecular weight excluding hydrogens is 383 g/mol. The van der Waals surface area contributed by atoms with Crippen LogP contribution in [0.15, 0.2) is 64.1 Å². The van der Waals surface area contributed by atoms with Crippen molar-refractivity contribution in [1.29, 1.82) is 5.41 Å². The van der Waals surface area contributed by atoms with Crippen LogP contribution in [-0.2, 0) is 5.41 Å². The van der Waals surface area contributed by atoms with E-state index in [0.29, 0.717) is 23.8 Å². The van der Waals surface area contributed by atoms with Crippen LogP contribution in [0.3, 0.4) is 0 Å². The van der Waals surface area contributed by atoms with Gasteiger partial charge in [0, 0.05) is 24.1 Å². The molecule has 30 heavy (non-hydrogen) atoms. The summed E-state index contributed by atoms with van der Waals surface area (Å²) in [5.41, 5.74) is 2.27. The van der Waals surface area contributed by atoms with Gasteiger partial charge in [-0.2, -0.15) is 0 Å². The van der Waals surface area contributed by atoms with E-state index >= 15 is 0 Å². The lowest BCUT2D eigenvalue weighted by Gasteiger charge is -2.23. The highest BCUT2D eigenvalue weighted by Gasteiger charge is 2.28. The lowest BCUT2D eigenvalue weighted by atomic mass is 9.81. The number of nitrogens with one attached hydrogen (secondary N) is 4. The minimum atomic E-state index is -0.565. The molecule has 0 aliphatic carbocycles. The molecule has 0 spiro atoms. The number of rotatable bonds is 7. The first-order valence-corrected chi connectivity index (χ1v) is 9.50. The summed E-state index contributed by atoms with van der Waals surface area (Å²) in [6.45, 7) is 4.25. The van der Waals surface area contributed by atoms with Gasteiger partial charge in [0.25, 0.3) is 5.88 Å². The molecule has 0 aliphatic heterocycles. The van der Waals surface area contributed by atoms with Gasteiger partial charge < -0.3 is 20.5 Å². The Morgan fingerprint density at radius 1 is 1.20 bits per heavy atom. The Bertz CT molecular complexity index is 1030. The van der Waals surface area contributed by atoms with Crippen LogP contribution in [0.4, 0.5) is 10.3 Å². The second kappa shape index (κ2) is 9.21. The summed E-state index contributed by atoms with van der Waals surface area (Å²) in [4.78, 5) is 4.16. The first-order chi connectivity index (χ1) is 14.4. The quantitative estimate of drug-likeness (QED) is 0.207. The van der Waals surface area contributed by atoms with E-state index in [4.69, 9.17) is 9.93 Å². The highest BCUT2D eigenvalue weighted by atomic mass is 19.1. The molecule has 0 amide bonds. The molecular formula is C22H25FN6O. The maximum atomic E-state index is 14.8. The van der Waals surface area contributed by atoms with Crippen LogP contribution >= 0.6 is 0 Å². The van der Waals surface area contributed by atoms with Gasteiger partial charge in [-0.15, -0.1) is 0 Å². The molecule has 0 saturated heterocycles. The number of hydrogen-bond donors (Lipinski definition) is 4. The normalized spacial score (nSPS) is 11.5. The molecule has 1 heterocycles. The van der Waals surface area contributed by atoms with E-state index in [1.807, 2.05) is 50.2 Å². The van der Waals surface area contributed by atoms with E-state index in [9.17, 15) is 4.39 Å². The molecule has 156 valence electrons. The first kappa shape index (κ1) is 21.0. The second-order valence-corrected chi connectivity index (χ2v) is 7.18. The molecule has 0 atom stereocenters. The second-order valence-electron chi connectivity index (χ2n) is 7.18. The zero-order valence-corrected chi connectivity index (χ0v) is 17.2. The van der Waals surface area contributed by atoms with Crippen LogP contribution in [0, 0.1) is 11.2 Å². The van der Waals surface area contributed by atoms with Gasteiger partial charge >= 0.3 is 0 Å². The maximum Gasteiger partial charge on any atom is 0.252 e. The molecule has 8 heteroatoms. The lowest BCUT2D eigenvalue weighted by molar-refractivity contribution is 0.406. The molecule has 0 aliphatic rings. The Morgan fingerprint density at radius 3 is 2.67 bits per heavy atom. The Morgan fingerprint density at radius 2 is 1.97 bits per heavy atom. The Labute approximate surface area is 174 Å². The monoisotopic (exact) mass is 408 g/mol. The fourth-order valence-electron chi connectivity index (χ4n) is 2.91. The zero-order valence-electron chi connectivity index (χ0n) is 17.2. The average molecular weight is 408 g/mol. The van der Waals surface area contributed by atoms with Gasteiger partial charge in [0.05, 0.1) is 18.7 Å².